The highest BCUT2D eigenvalue weighted by atomic mass is 19.4. The molecule has 1 atom stereocenters. The maximum Gasteiger partial charge on any atom is 0.451 e. The summed E-state index contributed by atoms with van der Waals surface area (Å²) in [4.78, 5) is 0. The smallest absolute Gasteiger partial charge is 0.375 e. The highest BCUT2D eigenvalue weighted by Gasteiger charge is 2.69. The molecule has 1 unspecified atom stereocenters. The fourth-order valence-electron chi connectivity index (χ4n) is 0.975. The van der Waals surface area contributed by atoms with Crippen LogP contribution in [0.15, 0.2) is 0 Å². The summed E-state index contributed by atoms with van der Waals surface area (Å²) in [6.07, 6.45) is -11.4. The Labute approximate surface area is 114 Å². The van der Waals surface area contributed by atoms with Crippen LogP contribution in [-0.2, 0) is 9.47 Å². The van der Waals surface area contributed by atoms with Gasteiger partial charge in [0.2, 0.25) is 0 Å². The predicted molar refractivity (Wildman–Crippen MR) is 52.6 cm³/mol. The molecule has 0 aliphatic carbocycles. The third-order valence-electron chi connectivity index (χ3n) is 2.24. The lowest BCUT2D eigenvalue weighted by molar-refractivity contribution is -0.456. The van der Waals surface area contributed by atoms with Gasteiger partial charge in [0.25, 0.3) is 0 Å². The molecule has 0 spiro atoms. The molecular weight excluding hydrogens is 323 g/mol. The largest absolute Gasteiger partial charge is 0.451 e. The first-order valence-corrected chi connectivity index (χ1v) is 5.68. The van der Waals surface area contributed by atoms with E-state index in [2.05, 4.69) is 9.47 Å². The molecule has 0 saturated carbocycles. The highest BCUT2D eigenvalue weighted by molar-refractivity contribution is 4.84. The van der Waals surface area contributed by atoms with Gasteiger partial charge in [0.05, 0.1) is 0 Å². The van der Waals surface area contributed by atoms with Gasteiger partial charge in [-0.1, -0.05) is 13.3 Å². The van der Waals surface area contributed by atoms with Crippen molar-refractivity contribution in [2.24, 2.45) is 0 Å². The zero-order chi connectivity index (χ0) is 16.9. The van der Waals surface area contributed by atoms with Gasteiger partial charge in [-0.3, -0.25) is 4.74 Å². The van der Waals surface area contributed by atoms with Crippen molar-refractivity contribution in [1.29, 1.82) is 0 Å². The third kappa shape index (κ3) is 5.20. The van der Waals surface area contributed by atoms with E-state index in [1.165, 1.54) is 0 Å². The predicted octanol–water partition coefficient (Wildman–Crippen LogP) is 4.25. The van der Waals surface area contributed by atoms with Gasteiger partial charge in [-0.25, -0.2) is 4.39 Å². The lowest BCUT2D eigenvalue weighted by Gasteiger charge is -2.33. The van der Waals surface area contributed by atoms with Crippen LogP contribution in [0.4, 0.5) is 39.5 Å². The third-order valence-corrected chi connectivity index (χ3v) is 2.24. The summed E-state index contributed by atoms with van der Waals surface area (Å²) in [5.74, 6) is -10.8. The maximum atomic E-state index is 13.5. The minimum absolute atomic E-state index is 0.185. The van der Waals surface area contributed by atoms with Crippen molar-refractivity contribution in [2.45, 2.75) is 43.8 Å². The number of hydrogen-bond donors (Lipinski definition) is 0. The van der Waals surface area contributed by atoms with Gasteiger partial charge in [-0.2, -0.15) is 35.1 Å². The minimum atomic E-state index is -6.07. The van der Waals surface area contributed by atoms with Crippen molar-refractivity contribution < 1.29 is 49.0 Å². The van der Waals surface area contributed by atoms with Crippen molar-refractivity contribution in [2.75, 3.05) is 19.9 Å². The molecule has 0 N–H and O–H groups in total. The standard InChI is InChI=1S/C10H13F9O2/c1-2-3-4-20-6-8(14,9(15,16)17)21-10(18,19)7(12,13)5-11/h2-6H2,1H3. The van der Waals surface area contributed by atoms with Gasteiger partial charge in [0.1, 0.15) is 6.61 Å². The molecule has 21 heavy (non-hydrogen) atoms. The van der Waals surface area contributed by atoms with Crippen molar-refractivity contribution >= 4 is 0 Å². The molecule has 0 saturated heterocycles. The fraction of sp³-hybridized carbons (Fsp3) is 1.00. The highest BCUT2D eigenvalue weighted by Crippen LogP contribution is 2.44. The molecule has 0 aromatic carbocycles. The molecule has 0 rings (SSSR count). The minimum Gasteiger partial charge on any atom is -0.375 e. The summed E-state index contributed by atoms with van der Waals surface area (Å²) in [6, 6.07) is 0. The van der Waals surface area contributed by atoms with Gasteiger partial charge in [0, 0.05) is 6.61 Å². The molecule has 128 valence electrons. The van der Waals surface area contributed by atoms with Gasteiger partial charge >= 0.3 is 24.1 Å². The van der Waals surface area contributed by atoms with Crippen LogP contribution in [0.25, 0.3) is 0 Å². The van der Waals surface area contributed by atoms with Gasteiger partial charge in [-0.15, -0.1) is 0 Å². The summed E-state index contributed by atoms with van der Waals surface area (Å²) in [5.41, 5.74) is 0. The maximum absolute atomic E-state index is 13.5. The second-order valence-electron chi connectivity index (χ2n) is 4.09. The Balaban J connectivity index is 5.09. The number of halogens is 9. The summed E-state index contributed by atoms with van der Waals surface area (Å²) in [6.45, 7) is -3.91. The Kier molecular flexibility index (Phi) is 6.80. The number of hydrogen-bond acceptors (Lipinski definition) is 2. The van der Waals surface area contributed by atoms with E-state index in [1.54, 1.807) is 6.92 Å². The van der Waals surface area contributed by atoms with Crippen LogP contribution >= 0.6 is 0 Å². The zero-order valence-corrected chi connectivity index (χ0v) is 10.8. The molecule has 0 aromatic rings. The zero-order valence-electron chi connectivity index (χ0n) is 10.8. The Hall–Kier alpha value is -0.710. The summed E-state index contributed by atoms with van der Waals surface area (Å²) < 4.78 is 120. The quantitative estimate of drug-likeness (QED) is 0.463. The van der Waals surface area contributed by atoms with Crippen LogP contribution in [0.2, 0.25) is 0 Å². The van der Waals surface area contributed by atoms with Crippen molar-refractivity contribution in [3.8, 4) is 0 Å². The van der Waals surface area contributed by atoms with E-state index in [0.29, 0.717) is 6.42 Å². The molecule has 0 aliphatic rings. The Bertz CT molecular complexity index is 318. The van der Waals surface area contributed by atoms with E-state index in [1.807, 2.05) is 0 Å². The normalized spacial score (nSPS) is 16.9. The lowest BCUT2D eigenvalue weighted by Crippen LogP contribution is -2.56. The first kappa shape index (κ1) is 20.3. The van der Waals surface area contributed by atoms with Crippen LogP contribution in [-0.4, -0.2) is 44.0 Å². The average molecular weight is 336 g/mol. The number of alkyl halides is 9. The van der Waals surface area contributed by atoms with E-state index in [-0.39, 0.29) is 6.42 Å². The SMILES string of the molecule is CCCCOCC(F)(OC(F)(F)C(F)(F)CF)C(F)(F)F. The molecule has 0 fully saturated rings. The van der Waals surface area contributed by atoms with E-state index < -0.39 is 44.0 Å². The molecule has 2 nitrogen and oxygen atoms in total. The van der Waals surface area contributed by atoms with Gasteiger partial charge < -0.3 is 4.74 Å². The van der Waals surface area contributed by atoms with Crippen LogP contribution in [0, 0.1) is 0 Å². The van der Waals surface area contributed by atoms with E-state index in [9.17, 15) is 39.5 Å². The number of rotatable bonds is 9. The van der Waals surface area contributed by atoms with E-state index in [0.717, 1.165) is 0 Å². The molecule has 11 heteroatoms. The Morgan fingerprint density at radius 1 is 0.905 bits per heavy atom. The second kappa shape index (κ2) is 7.03. The van der Waals surface area contributed by atoms with Crippen LogP contribution in [0.5, 0.6) is 0 Å². The first-order valence-electron chi connectivity index (χ1n) is 5.68. The topological polar surface area (TPSA) is 18.5 Å². The van der Waals surface area contributed by atoms with Crippen LogP contribution in [0.1, 0.15) is 19.8 Å². The van der Waals surface area contributed by atoms with Crippen molar-refractivity contribution in [1.82, 2.24) is 0 Å². The molecule has 0 aliphatic heterocycles. The van der Waals surface area contributed by atoms with Crippen LogP contribution in [0.3, 0.4) is 0 Å². The Morgan fingerprint density at radius 2 is 1.43 bits per heavy atom. The monoisotopic (exact) mass is 336 g/mol. The molecule has 0 bridgehead atoms. The molecule has 0 radical (unpaired) electrons. The van der Waals surface area contributed by atoms with Crippen LogP contribution < -0.4 is 0 Å². The average Bonchev–Trinajstić information content (AvgIpc) is 2.32. The van der Waals surface area contributed by atoms with Gasteiger partial charge in [-0.05, 0) is 6.42 Å². The molecule has 0 amide bonds. The lowest BCUT2D eigenvalue weighted by atomic mass is 10.3. The first-order chi connectivity index (χ1) is 9.33. The summed E-state index contributed by atoms with van der Waals surface area (Å²) >= 11 is 0. The van der Waals surface area contributed by atoms with Crippen molar-refractivity contribution in [3.63, 3.8) is 0 Å². The molecule has 0 aromatic heterocycles. The number of unbranched alkanes of at least 4 members (excludes halogenated alkanes) is 1. The van der Waals surface area contributed by atoms with E-state index >= 15 is 0 Å². The van der Waals surface area contributed by atoms with Crippen molar-refractivity contribution in [3.05, 3.63) is 0 Å². The molecular formula is C10H13F9O2. The van der Waals surface area contributed by atoms with E-state index in [4.69, 9.17) is 0 Å². The summed E-state index contributed by atoms with van der Waals surface area (Å²) in [7, 11) is 0. The second-order valence-corrected chi connectivity index (χ2v) is 4.09. The number of ether oxygens (including phenoxy) is 2. The molecule has 0 heterocycles. The Morgan fingerprint density at radius 3 is 1.81 bits per heavy atom. The van der Waals surface area contributed by atoms with Gasteiger partial charge in [0.15, 0.2) is 6.67 Å². The summed E-state index contributed by atoms with van der Waals surface area (Å²) in [5, 5.41) is 0. The fourth-order valence-corrected chi connectivity index (χ4v) is 0.975.